The van der Waals surface area contributed by atoms with Crippen LogP contribution in [0.2, 0.25) is 0 Å². The second-order valence-electron chi connectivity index (χ2n) is 5.08. The Labute approximate surface area is 113 Å². The summed E-state index contributed by atoms with van der Waals surface area (Å²) < 4.78 is 7.18. The van der Waals surface area contributed by atoms with Gasteiger partial charge in [-0.25, -0.2) is 0 Å². The molecule has 19 heavy (non-hydrogen) atoms. The van der Waals surface area contributed by atoms with Crippen molar-refractivity contribution in [2.75, 3.05) is 0 Å². The fourth-order valence-electron chi connectivity index (χ4n) is 2.23. The van der Waals surface area contributed by atoms with Crippen molar-refractivity contribution in [1.29, 1.82) is 0 Å². The third kappa shape index (κ3) is 2.96. The zero-order chi connectivity index (χ0) is 14.0. The van der Waals surface area contributed by atoms with Crippen molar-refractivity contribution in [2.45, 2.75) is 32.4 Å². The molecular weight excluding hydrogens is 240 g/mol. The van der Waals surface area contributed by atoms with Crippen molar-refractivity contribution >= 4 is 16.9 Å². The van der Waals surface area contributed by atoms with Gasteiger partial charge in [0.1, 0.15) is 6.04 Å². The van der Waals surface area contributed by atoms with E-state index in [-0.39, 0.29) is 12.1 Å². The summed E-state index contributed by atoms with van der Waals surface area (Å²) in [5.41, 5.74) is 8.13. The summed E-state index contributed by atoms with van der Waals surface area (Å²) in [4.78, 5) is 11.7. The predicted octanol–water partition coefficient (Wildman–Crippen LogP) is 2.00. The van der Waals surface area contributed by atoms with Crippen LogP contribution in [0.5, 0.6) is 0 Å². The number of esters is 1. The first-order chi connectivity index (χ1) is 8.99. The molecule has 4 nitrogen and oxygen atoms in total. The number of carbonyl (C=O) groups is 1. The van der Waals surface area contributed by atoms with Crippen molar-refractivity contribution in [1.82, 2.24) is 4.57 Å². The van der Waals surface area contributed by atoms with Gasteiger partial charge in [-0.1, -0.05) is 18.2 Å². The van der Waals surface area contributed by atoms with E-state index >= 15 is 0 Å². The summed E-state index contributed by atoms with van der Waals surface area (Å²) in [5.74, 6) is -0.345. The number of benzene rings is 1. The Hall–Kier alpha value is -1.81. The van der Waals surface area contributed by atoms with Crippen LogP contribution in [0.25, 0.3) is 10.9 Å². The molecule has 0 unspecified atom stereocenters. The fraction of sp³-hybridized carbons (Fsp3) is 0.400. The monoisotopic (exact) mass is 260 g/mol. The molecule has 0 saturated carbocycles. The molecule has 0 saturated heterocycles. The predicted molar refractivity (Wildman–Crippen MR) is 75.8 cm³/mol. The molecule has 1 aromatic carbocycles. The zero-order valence-corrected chi connectivity index (χ0v) is 11.6. The first-order valence-electron chi connectivity index (χ1n) is 6.48. The molecule has 0 amide bonds. The van der Waals surface area contributed by atoms with E-state index in [0.717, 1.165) is 16.5 Å². The number of hydrogen-bond donors (Lipinski definition) is 1. The van der Waals surface area contributed by atoms with Gasteiger partial charge in [0.15, 0.2) is 0 Å². The fourth-order valence-corrected chi connectivity index (χ4v) is 2.23. The highest BCUT2D eigenvalue weighted by molar-refractivity contribution is 5.85. The highest BCUT2D eigenvalue weighted by Gasteiger charge is 2.19. The number of hydrogen-bond acceptors (Lipinski definition) is 3. The van der Waals surface area contributed by atoms with Crippen molar-refractivity contribution in [3.05, 3.63) is 36.0 Å². The Morgan fingerprint density at radius 1 is 1.37 bits per heavy atom. The van der Waals surface area contributed by atoms with E-state index in [9.17, 15) is 4.79 Å². The maximum Gasteiger partial charge on any atom is 0.323 e. The molecule has 0 spiro atoms. The Bertz CT molecular complexity index is 587. The largest absolute Gasteiger partial charge is 0.462 e. The first kappa shape index (κ1) is 13.6. The molecule has 1 atom stereocenters. The van der Waals surface area contributed by atoms with Crippen LogP contribution in [0.1, 0.15) is 19.4 Å². The summed E-state index contributed by atoms with van der Waals surface area (Å²) in [6, 6.07) is 7.47. The molecule has 0 fully saturated rings. The molecule has 4 heteroatoms. The molecule has 1 aromatic heterocycles. The van der Waals surface area contributed by atoms with Crippen molar-refractivity contribution in [3.8, 4) is 0 Å². The number of carbonyl (C=O) groups excluding carboxylic acids is 1. The minimum absolute atomic E-state index is 0.133. The van der Waals surface area contributed by atoms with E-state index in [0.29, 0.717) is 6.42 Å². The molecule has 102 valence electrons. The number of nitrogens with zero attached hydrogens (tertiary/aromatic N) is 1. The molecule has 2 N–H and O–H groups in total. The average molecular weight is 260 g/mol. The highest BCUT2D eigenvalue weighted by Crippen LogP contribution is 2.21. The van der Waals surface area contributed by atoms with Crippen LogP contribution in [0.15, 0.2) is 30.5 Å². The minimum Gasteiger partial charge on any atom is -0.462 e. The lowest BCUT2D eigenvalue weighted by molar-refractivity contribution is -0.148. The number of ether oxygens (including phenoxy) is 1. The number of fused-ring (bicyclic) bond motifs is 1. The van der Waals surface area contributed by atoms with E-state index in [4.69, 9.17) is 10.5 Å². The van der Waals surface area contributed by atoms with Crippen LogP contribution in [0, 0.1) is 0 Å². The van der Waals surface area contributed by atoms with Crippen LogP contribution < -0.4 is 5.73 Å². The lowest BCUT2D eigenvalue weighted by Gasteiger charge is -2.13. The Kier molecular flexibility index (Phi) is 3.90. The van der Waals surface area contributed by atoms with Crippen molar-refractivity contribution in [3.63, 3.8) is 0 Å². The molecule has 2 aromatic rings. The smallest absolute Gasteiger partial charge is 0.323 e. The van der Waals surface area contributed by atoms with E-state index < -0.39 is 6.04 Å². The maximum absolute atomic E-state index is 11.7. The van der Waals surface area contributed by atoms with E-state index in [1.807, 2.05) is 49.9 Å². The number of para-hydroxylation sites is 1. The molecule has 2 rings (SSSR count). The standard InChI is InChI=1S/C15H20N2O2/c1-10(2)19-15(18)13(16)8-11-9-17(3)14-7-5-4-6-12(11)14/h4-7,9-10,13H,8,16H2,1-3H3/t13-/m1/s1. The summed E-state index contributed by atoms with van der Waals surface area (Å²) in [6.07, 6.45) is 2.38. The van der Waals surface area contributed by atoms with Crippen LogP contribution in [0.4, 0.5) is 0 Å². The van der Waals surface area contributed by atoms with Gasteiger partial charge in [-0.3, -0.25) is 4.79 Å². The second-order valence-corrected chi connectivity index (χ2v) is 5.08. The van der Waals surface area contributed by atoms with Gasteiger partial charge in [0, 0.05) is 30.6 Å². The molecule has 0 aliphatic heterocycles. The highest BCUT2D eigenvalue weighted by atomic mass is 16.5. The van der Waals surface area contributed by atoms with Crippen molar-refractivity contribution < 1.29 is 9.53 Å². The van der Waals surface area contributed by atoms with Crippen molar-refractivity contribution in [2.24, 2.45) is 12.8 Å². The van der Waals surface area contributed by atoms with Gasteiger partial charge < -0.3 is 15.0 Å². The van der Waals surface area contributed by atoms with Gasteiger partial charge in [-0.15, -0.1) is 0 Å². The molecule has 0 radical (unpaired) electrons. The topological polar surface area (TPSA) is 57.2 Å². The van der Waals surface area contributed by atoms with E-state index in [1.165, 1.54) is 0 Å². The number of aromatic nitrogens is 1. The van der Waals surface area contributed by atoms with Crippen LogP contribution in [0.3, 0.4) is 0 Å². The van der Waals surface area contributed by atoms with Gasteiger partial charge in [0.2, 0.25) is 0 Å². The minimum atomic E-state index is -0.617. The van der Waals surface area contributed by atoms with Gasteiger partial charge >= 0.3 is 5.97 Å². The van der Waals surface area contributed by atoms with E-state index in [1.54, 1.807) is 0 Å². The van der Waals surface area contributed by atoms with E-state index in [2.05, 4.69) is 6.07 Å². The second kappa shape index (κ2) is 5.45. The lowest BCUT2D eigenvalue weighted by Crippen LogP contribution is -2.35. The molecule has 0 aliphatic rings. The lowest BCUT2D eigenvalue weighted by atomic mass is 10.1. The van der Waals surface area contributed by atoms with Crippen LogP contribution in [-0.4, -0.2) is 22.7 Å². The number of nitrogens with two attached hydrogens (primary N) is 1. The molecule has 0 aliphatic carbocycles. The van der Waals surface area contributed by atoms with Crippen LogP contribution >= 0.6 is 0 Å². The summed E-state index contributed by atoms with van der Waals surface area (Å²) in [6.45, 7) is 3.64. The average Bonchev–Trinajstić information content (AvgIpc) is 2.66. The Morgan fingerprint density at radius 2 is 2.05 bits per heavy atom. The summed E-state index contributed by atoms with van der Waals surface area (Å²) in [5, 5.41) is 1.14. The summed E-state index contributed by atoms with van der Waals surface area (Å²) >= 11 is 0. The molecular formula is C15H20N2O2. The third-order valence-electron chi connectivity index (χ3n) is 3.07. The van der Waals surface area contributed by atoms with Gasteiger partial charge in [-0.05, 0) is 25.5 Å². The Morgan fingerprint density at radius 3 is 2.74 bits per heavy atom. The SMILES string of the molecule is CC(C)OC(=O)[C@H](N)Cc1cn(C)c2ccccc12. The quantitative estimate of drug-likeness (QED) is 0.855. The molecule has 1 heterocycles. The van der Waals surface area contributed by atoms with Gasteiger partial charge in [0.05, 0.1) is 6.10 Å². The zero-order valence-electron chi connectivity index (χ0n) is 11.6. The Balaban J connectivity index is 2.19. The normalized spacial score (nSPS) is 12.9. The summed E-state index contributed by atoms with van der Waals surface area (Å²) in [7, 11) is 1.99. The first-order valence-corrected chi connectivity index (χ1v) is 6.48. The van der Waals surface area contributed by atoms with Gasteiger partial charge in [-0.2, -0.15) is 0 Å². The number of aryl methyl sites for hydroxylation is 1. The molecule has 0 bridgehead atoms. The third-order valence-corrected chi connectivity index (χ3v) is 3.07. The van der Waals surface area contributed by atoms with Crippen LogP contribution in [-0.2, 0) is 23.0 Å². The number of rotatable bonds is 4. The maximum atomic E-state index is 11.7. The van der Waals surface area contributed by atoms with Gasteiger partial charge in [0.25, 0.3) is 0 Å².